The van der Waals surface area contributed by atoms with Gasteiger partial charge in [-0.15, -0.1) is 0 Å². The number of nitrogens with zero attached hydrogens (tertiary/aromatic N) is 2. The summed E-state index contributed by atoms with van der Waals surface area (Å²) in [7, 11) is 1.53. The van der Waals surface area contributed by atoms with E-state index in [-0.39, 0.29) is 11.7 Å². The number of rotatable bonds is 4. The molecule has 2 aromatic rings. The molecule has 0 spiro atoms. The maximum Gasteiger partial charge on any atom is 0.257 e. The Balaban J connectivity index is 1.35. The molecule has 2 aliphatic rings. The van der Waals surface area contributed by atoms with E-state index in [2.05, 4.69) is 23.1 Å². The lowest BCUT2D eigenvalue weighted by Gasteiger charge is -2.35. The van der Waals surface area contributed by atoms with Crippen LogP contribution in [0.3, 0.4) is 0 Å². The largest absolute Gasteiger partial charge is 0.507 e. The van der Waals surface area contributed by atoms with Crippen LogP contribution in [-0.2, 0) is 13.0 Å². The molecule has 0 aliphatic carbocycles. The topological polar surface area (TPSA) is 62.2 Å². The molecule has 0 atom stereocenters. The normalized spacial score (nSPS) is 16.7. The van der Waals surface area contributed by atoms with Crippen molar-refractivity contribution in [1.82, 2.24) is 9.80 Å². The molecule has 2 heterocycles. The standard InChI is InChI=1S/C21H24N2O4/c1-26-17-3-4-18(19(24)13-17)21(25)23-9-7-22(8-10-23)14-15-2-5-20-16(12-15)6-11-27-20/h2-5,12-13,24H,6-11,14H2,1H3. The van der Waals surface area contributed by atoms with Gasteiger partial charge in [-0.25, -0.2) is 0 Å². The average Bonchev–Trinajstić information content (AvgIpc) is 3.16. The number of phenols is 1. The number of carbonyl (C=O) groups is 1. The van der Waals surface area contributed by atoms with E-state index in [0.29, 0.717) is 24.4 Å². The van der Waals surface area contributed by atoms with Gasteiger partial charge in [-0.05, 0) is 29.3 Å². The molecule has 0 aromatic heterocycles. The highest BCUT2D eigenvalue weighted by Crippen LogP contribution is 2.27. The van der Waals surface area contributed by atoms with Crippen molar-refractivity contribution in [3.05, 3.63) is 53.1 Å². The number of phenolic OH excluding ortho intramolecular Hbond substituents is 1. The number of carbonyl (C=O) groups excluding carboxylic acids is 1. The van der Waals surface area contributed by atoms with Gasteiger partial charge in [-0.3, -0.25) is 9.69 Å². The molecular weight excluding hydrogens is 344 g/mol. The number of methoxy groups -OCH3 is 1. The first-order chi connectivity index (χ1) is 13.1. The Morgan fingerprint density at radius 2 is 1.96 bits per heavy atom. The molecule has 2 aromatic carbocycles. The average molecular weight is 368 g/mol. The first-order valence-electron chi connectivity index (χ1n) is 9.27. The zero-order chi connectivity index (χ0) is 18.8. The number of amides is 1. The number of aromatic hydroxyl groups is 1. The third-order valence-electron chi connectivity index (χ3n) is 5.25. The van der Waals surface area contributed by atoms with Gasteiger partial charge in [0.25, 0.3) is 5.91 Å². The molecular formula is C21H24N2O4. The second kappa shape index (κ2) is 7.48. The zero-order valence-electron chi connectivity index (χ0n) is 15.5. The SMILES string of the molecule is COc1ccc(C(=O)N2CCN(Cc3ccc4c(c3)CCO4)CC2)c(O)c1. The molecule has 0 bridgehead atoms. The number of hydrogen-bond donors (Lipinski definition) is 1. The minimum Gasteiger partial charge on any atom is -0.507 e. The van der Waals surface area contributed by atoms with E-state index in [1.54, 1.807) is 17.0 Å². The molecule has 0 radical (unpaired) electrons. The van der Waals surface area contributed by atoms with Crippen molar-refractivity contribution in [2.24, 2.45) is 0 Å². The zero-order valence-corrected chi connectivity index (χ0v) is 15.5. The van der Waals surface area contributed by atoms with E-state index >= 15 is 0 Å². The number of benzene rings is 2. The summed E-state index contributed by atoms with van der Waals surface area (Å²) in [4.78, 5) is 16.9. The summed E-state index contributed by atoms with van der Waals surface area (Å²) in [6.07, 6.45) is 0.983. The van der Waals surface area contributed by atoms with Crippen molar-refractivity contribution in [3.63, 3.8) is 0 Å². The fourth-order valence-corrected chi connectivity index (χ4v) is 3.70. The van der Waals surface area contributed by atoms with Crippen LogP contribution in [0.25, 0.3) is 0 Å². The maximum atomic E-state index is 12.7. The molecule has 0 saturated carbocycles. The molecule has 1 N–H and O–H groups in total. The van der Waals surface area contributed by atoms with Crippen LogP contribution in [0.1, 0.15) is 21.5 Å². The van der Waals surface area contributed by atoms with Gasteiger partial charge >= 0.3 is 0 Å². The number of ether oxygens (including phenoxy) is 2. The number of hydrogen-bond acceptors (Lipinski definition) is 5. The third kappa shape index (κ3) is 3.71. The highest BCUT2D eigenvalue weighted by molar-refractivity contribution is 5.97. The van der Waals surface area contributed by atoms with Gasteiger partial charge in [0.15, 0.2) is 0 Å². The third-order valence-corrected chi connectivity index (χ3v) is 5.25. The lowest BCUT2D eigenvalue weighted by atomic mass is 10.1. The van der Waals surface area contributed by atoms with Crippen LogP contribution < -0.4 is 9.47 Å². The molecule has 6 heteroatoms. The van der Waals surface area contributed by atoms with E-state index < -0.39 is 0 Å². The van der Waals surface area contributed by atoms with E-state index in [4.69, 9.17) is 9.47 Å². The van der Waals surface area contributed by atoms with Crippen LogP contribution in [0, 0.1) is 0 Å². The lowest BCUT2D eigenvalue weighted by molar-refractivity contribution is 0.0625. The highest BCUT2D eigenvalue weighted by atomic mass is 16.5. The smallest absolute Gasteiger partial charge is 0.257 e. The molecule has 4 rings (SSSR count). The summed E-state index contributed by atoms with van der Waals surface area (Å²) < 4.78 is 10.6. The van der Waals surface area contributed by atoms with Gasteiger partial charge in [-0.2, -0.15) is 0 Å². The van der Waals surface area contributed by atoms with E-state index in [0.717, 1.165) is 38.4 Å². The van der Waals surface area contributed by atoms with Crippen molar-refractivity contribution in [2.75, 3.05) is 39.9 Å². The van der Waals surface area contributed by atoms with Crippen LogP contribution in [0.5, 0.6) is 17.2 Å². The van der Waals surface area contributed by atoms with Gasteiger partial charge in [0.05, 0.1) is 19.3 Å². The number of piperazine rings is 1. The van der Waals surface area contributed by atoms with Crippen LogP contribution in [-0.4, -0.2) is 60.7 Å². The molecule has 1 saturated heterocycles. The predicted molar refractivity (Wildman–Crippen MR) is 101 cm³/mol. The Kier molecular flexibility index (Phi) is 4.90. The summed E-state index contributed by atoms with van der Waals surface area (Å²) in [5.74, 6) is 1.37. The van der Waals surface area contributed by atoms with Gasteiger partial charge in [-0.1, -0.05) is 12.1 Å². The minimum atomic E-state index is -0.135. The Labute approximate surface area is 158 Å². The molecule has 1 amide bonds. The Hall–Kier alpha value is -2.73. The van der Waals surface area contributed by atoms with Crippen LogP contribution in [0.2, 0.25) is 0 Å². The van der Waals surface area contributed by atoms with Crippen LogP contribution in [0.4, 0.5) is 0 Å². The maximum absolute atomic E-state index is 12.7. The van der Waals surface area contributed by atoms with E-state index in [1.165, 1.54) is 24.3 Å². The van der Waals surface area contributed by atoms with E-state index in [9.17, 15) is 9.90 Å². The van der Waals surface area contributed by atoms with Gasteiger partial charge in [0.2, 0.25) is 0 Å². The van der Waals surface area contributed by atoms with Crippen molar-refractivity contribution >= 4 is 5.91 Å². The van der Waals surface area contributed by atoms with Crippen LogP contribution >= 0.6 is 0 Å². The van der Waals surface area contributed by atoms with Crippen molar-refractivity contribution in [2.45, 2.75) is 13.0 Å². The molecule has 2 aliphatic heterocycles. The Bertz CT molecular complexity index is 844. The summed E-state index contributed by atoms with van der Waals surface area (Å²) in [5, 5.41) is 10.1. The quantitative estimate of drug-likeness (QED) is 0.897. The van der Waals surface area contributed by atoms with Gasteiger partial charge in [0, 0.05) is 45.2 Å². The minimum absolute atomic E-state index is 0.0397. The fourth-order valence-electron chi connectivity index (χ4n) is 3.70. The fraction of sp³-hybridized carbons (Fsp3) is 0.381. The summed E-state index contributed by atoms with van der Waals surface area (Å²) >= 11 is 0. The molecule has 142 valence electrons. The van der Waals surface area contributed by atoms with Crippen molar-refractivity contribution in [1.29, 1.82) is 0 Å². The summed E-state index contributed by atoms with van der Waals surface area (Å²) in [6, 6.07) is 11.2. The second-order valence-corrected chi connectivity index (χ2v) is 6.99. The van der Waals surface area contributed by atoms with Crippen LogP contribution in [0.15, 0.2) is 36.4 Å². The summed E-state index contributed by atoms with van der Waals surface area (Å²) in [5.41, 5.74) is 2.89. The highest BCUT2D eigenvalue weighted by Gasteiger charge is 2.24. The predicted octanol–water partition coefficient (Wildman–Crippen LogP) is 2.29. The van der Waals surface area contributed by atoms with Gasteiger partial charge < -0.3 is 19.5 Å². The first-order valence-corrected chi connectivity index (χ1v) is 9.27. The second-order valence-electron chi connectivity index (χ2n) is 6.99. The molecule has 6 nitrogen and oxygen atoms in total. The van der Waals surface area contributed by atoms with E-state index in [1.807, 2.05) is 0 Å². The Morgan fingerprint density at radius 3 is 2.70 bits per heavy atom. The van der Waals surface area contributed by atoms with Crippen molar-refractivity contribution < 1.29 is 19.4 Å². The number of fused-ring (bicyclic) bond motifs is 1. The summed E-state index contributed by atoms with van der Waals surface area (Å²) in [6.45, 7) is 4.59. The lowest BCUT2D eigenvalue weighted by Crippen LogP contribution is -2.48. The monoisotopic (exact) mass is 368 g/mol. The molecule has 1 fully saturated rings. The van der Waals surface area contributed by atoms with Crippen molar-refractivity contribution in [3.8, 4) is 17.2 Å². The molecule has 27 heavy (non-hydrogen) atoms. The molecule has 0 unspecified atom stereocenters. The first kappa shape index (κ1) is 17.7. The van der Waals surface area contributed by atoms with Gasteiger partial charge in [0.1, 0.15) is 17.2 Å². The Morgan fingerprint density at radius 1 is 1.15 bits per heavy atom.